The SMILES string of the molecule is CCc1ccc(C(=O)CSc2nnc3sc4ccccc4n23)cc1. The van der Waals surface area contributed by atoms with E-state index in [1.165, 1.54) is 22.0 Å². The highest BCUT2D eigenvalue weighted by Crippen LogP contribution is 2.29. The molecule has 0 amide bonds. The first-order valence-electron chi connectivity index (χ1n) is 7.74. The van der Waals surface area contributed by atoms with Crippen molar-refractivity contribution in [1.29, 1.82) is 0 Å². The van der Waals surface area contributed by atoms with Crippen molar-refractivity contribution in [2.75, 3.05) is 5.75 Å². The molecule has 4 rings (SSSR count). The Morgan fingerprint density at radius 2 is 1.92 bits per heavy atom. The van der Waals surface area contributed by atoms with E-state index in [2.05, 4.69) is 29.3 Å². The number of thiazole rings is 1. The van der Waals surface area contributed by atoms with E-state index in [1.54, 1.807) is 11.3 Å². The largest absolute Gasteiger partial charge is 0.293 e. The van der Waals surface area contributed by atoms with Crippen LogP contribution in [0.4, 0.5) is 0 Å². The molecule has 0 fully saturated rings. The Balaban J connectivity index is 1.57. The maximum absolute atomic E-state index is 12.4. The van der Waals surface area contributed by atoms with Gasteiger partial charge in [-0.1, -0.05) is 66.4 Å². The molecule has 0 unspecified atom stereocenters. The number of hydrogen-bond acceptors (Lipinski definition) is 5. The third kappa shape index (κ3) is 2.72. The molecule has 4 aromatic rings. The van der Waals surface area contributed by atoms with Crippen molar-refractivity contribution in [2.24, 2.45) is 0 Å². The number of para-hydroxylation sites is 1. The van der Waals surface area contributed by atoms with Crippen molar-refractivity contribution in [3.63, 3.8) is 0 Å². The molecule has 0 radical (unpaired) electrons. The molecule has 6 heteroatoms. The Morgan fingerprint density at radius 3 is 2.71 bits per heavy atom. The van der Waals surface area contributed by atoms with E-state index in [9.17, 15) is 4.79 Å². The Labute approximate surface area is 147 Å². The summed E-state index contributed by atoms with van der Waals surface area (Å²) in [6, 6.07) is 16.0. The number of rotatable bonds is 5. The van der Waals surface area contributed by atoms with Crippen LogP contribution in [0.3, 0.4) is 0 Å². The molecule has 0 aliphatic carbocycles. The van der Waals surface area contributed by atoms with Crippen molar-refractivity contribution in [3.8, 4) is 0 Å². The molecule has 0 saturated carbocycles. The lowest BCUT2D eigenvalue weighted by atomic mass is 10.1. The van der Waals surface area contributed by atoms with Gasteiger partial charge in [0.15, 0.2) is 10.9 Å². The predicted octanol–water partition coefficient (Wildman–Crippen LogP) is 4.48. The first kappa shape index (κ1) is 15.4. The van der Waals surface area contributed by atoms with Crippen molar-refractivity contribution >= 4 is 44.1 Å². The first-order chi connectivity index (χ1) is 11.8. The van der Waals surface area contributed by atoms with Crippen LogP contribution in [0.1, 0.15) is 22.8 Å². The average molecular weight is 353 g/mol. The molecule has 0 aliphatic heterocycles. The van der Waals surface area contributed by atoms with Gasteiger partial charge in [-0.2, -0.15) is 0 Å². The maximum atomic E-state index is 12.4. The number of carbonyl (C=O) groups excluding carboxylic acids is 1. The minimum absolute atomic E-state index is 0.110. The third-order valence-corrected chi connectivity index (χ3v) is 5.87. The number of nitrogens with zero attached hydrogens (tertiary/aromatic N) is 3. The fraction of sp³-hybridized carbons (Fsp3) is 0.167. The molecule has 0 atom stereocenters. The van der Waals surface area contributed by atoms with Gasteiger partial charge in [0.2, 0.25) is 4.96 Å². The van der Waals surface area contributed by atoms with Gasteiger partial charge in [-0.25, -0.2) is 0 Å². The molecule has 2 aromatic heterocycles. The van der Waals surface area contributed by atoms with Crippen molar-refractivity contribution < 1.29 is 4.79 Å². The predicted molar refractivity (Wildman–Crippen MR) is 99.2 cm³/mol. The van der Waals surface area contributed by atoms with Crippen molar-refractivity contribution in [2.45, 2.75) is 18.5 Å². The second kappa shape index (κ2) is 6.37. The monoisotopic (exact) mass is 353 g/mol. The van der Waals surface area contributed by atoms with Crippen LogP contribution in [0.5, 0.6) is 0 Å². The zero-order chi connectivity index (χ0) is 16.5. The van der Waals surface area contributed by atoms with Gasteiger partial charge in [-0.3, -0.25) is 9.20 Å². The van der Waals surface area contributed by atoms with Crippen LogP contribution in [-0.4, -0.2) is 26.1 Å². The highest BCUT2D eigenvalue weighted by Gasteiger charge is 2.14. The van der Waals surface area contributed by atoms with E-state index >= 15 is 0 Å². The molecule has 24 heavy (non-hydrogen) atoms. The van der Waals surface area contributed by atoms with Crippen LogP contribution in [-0.2, 0) is 6.42 Å². The summed E-state index contributed by atoms with van der Waals surface area (Å²) in [5.74, 6) is 0.468. The second-order valence-corrected chi connectivity index (χ2v) is 7.38. The van der Waals surface area contributed by atoms with E-state index in [0.717, 1.165) is 27.6 Å². The summed E-state index contributed by atoms with van der Waals surface area (Å²) in [6.07, 6.45) is 0.978. The van der Waals surface area contributed by atoms with Crippen molar-refractivity contribution in [1.82, 2.24) is 14.6 Å². The highest BCUT2D eigenvalue weighted by atomic mass is 32.2. The summed E-state index contributed by atoms with van der Waals surface area (Å²) in [6.45, 7) is 2.11. The molecule has 0 spiro atoms. The van der Waals surface area contributed by atoms with Crippen LogP contribution in [0.25, 0.3) is 15.2 Å². The standard InChI is InChI=1S/C18H15N3OS2/c1-2-12-7-9-13(10-8-12)15(22)11-23-17-19-20-18-21(17)14-5-3-4-6-16(14)24-18/h3-10H,2,11H2,1H3. The van der Waals surface area contributed by atoms with E-state index in [0.29, 0.717) is 5.75 Å². The number of aromatic nitrogens is 3. The van der Waals surface area contributed by atoms with Gasteiger partial charge < -0.3 is 0 Å². The van der Waals surface area contributed by atoms with Gasteiger partial charge in [-0.05, 0) is 24.1 Å². The van der Waals surface area contributed by atoms with Crippen LogP contribution in [0.2, 0.25) is 0 Å². The summed E-state index contributed by atoms with van der Waals surface area (Å²) in [5.41, 5.74) is 3.07. The molecule has 0 saturated heterocycles. The zero-order valence-electron chi connectivity index (χ0n) is 13.1. The fourth-order valence-corrected chi connectivity index (χ4v) is 4.45. The number of thioether (sulfide) groups is 1. The number of fused-ring (bicyclic) bond motifs is 3. The van der Waals surface area contributed by atoms with Gasteiger partial charge in [-0.15, -0.1) is 10.2 Å². The summed E-state index contributed by atoms with van der Waals surface area (Å²) in [4.78, 5) is 13.3. The number of Topliss-reactive ketones (excluding diaryl/α,β-unsaturated/α-hetero) is 1. The molecule has 2 heterocycles. The lowest BCUT2D eigenvalue weighted by molar-refractivity contribution is 0.102. The van der Waals surface area contributed by atoms with E-state index in [1.807, 2.05) is 40.8 Å². The van der Waals surface area contributed by atoms with Crippen LogP contribution >= 0.6 is 23.1 Å². The summed E-state index contributed by atoms with van der Waals surface area (Å²) >= 11 is 3.04. The van der Waals surface area contributed by atoms with Crippen molar-refractivity contribution in [3.05, 3.63) is 59.7 Å². The smallest absolute Gasteiger partial charge is 0.217 e. The van der Waals surface area contributed by atoms with E-state index in [-0.39, 0.29) is 5.78 Å². The number of benzene rings is 2. The minimum Gasteiger partial charge on any atom is -0.293 e. The van der Waals surface area contributed by atoms with Crippen LogP contribution < -0.4 is 0 Å². The quantitative estimate of drug-likeness (QED) is 0.392. The Bertz CT molecular complexity index is 1020. The van der Waals surface area contributed by atoms with Crippen LogP contribution in [0, 0.1) is 0 Å². The summed E-state index contributed by atoms with van der Waals surface area (Å²) < 4.78 is 3.20. The molecular weight excluding hydrogens is 338 g/mol. The fourth-order valence-electron chi connectivity index (χ4n) is 2.59. The topological polar surface area (TPSA) is 47.3 Å². The van der Waals surface area contributed by atoms with Gasteiger partial charge in [0.1, 0.15) is 0 Å². The summed E-state index contributed by atoms with van der Waals surface area (Å²) in [7, 11) is 0. The Kier molecular flexibility index (Phi) is 4.08. The lowest BCUT2D eigenvalue weighted by Crippen LogP contribution is -2.03. The Hall–Kier alpha value is -2.18. The normalized spacial score (nSPS) is 11.4. The van der Waals surface area contributed by atoms with Crippen LogP contribution in [0.15, 0.2) is 53.7 Å². The maximum Gasteiger partial charge on any atom is 0.217 e. The molecule has 2 aromatic carbocycles. The van der Waals surface area contributed by atoms with Gasteiger partial charge in [0.05, 0.1) is 16.0 Å². The average Bonchev–Trinajstić information content (AvgIpc) is 3.19. The number of ketones is 1. The highest BCUT2D eigenvalue weighted by molar-refractivity contribution is 7.99. The third-order valence-electron chi connectivity index (χ3n) is 3.93. The number of hydrogen-bond donors (Lipinski definition) is 0. The van der Waals surface area contributed by atoms with Gasteiger partial charge in [0.25, 0.3) is 0 Å². The molecule has 120 valence electrons. The molecule has 0 N–H and O–H groups in total. The summed E-state index contributed by atoms with van der Waals surface area (Å²) in [5, 5.41) is 9.23. The number of aryl methyl sites for hydroxylation is 1. The molecule has 0 aliphatic rings. The van der Waals surface area contributed by atoms with E-state index in [4.69, 9.17) is 0 Å². The van der Waals surface area contributed by atoms with Gasteiger partial charge >= 0.3 is 0 Å². The number of carbonyl (C=O) groups is 1. The molecule has 0 bridgehead atoms. The van der Waals surface area contributed by atoms with Gasteiger partial charge in [0, 0.05) is 5.56 Å². The zero-order valence-corrected chi connectivity index (χ0v) is 14.7. The molecule has 4 nitrogen and oxygen atoms in total. The van der Waals surface area contributed by atoms with E-state index < -0.39 is 0 Å². The Morgan fingerprint density at radius 1 is 1.12 bits per heavy atom. The first-order valence-corrected chi connectivity index (χ1v) is 9.54. The molecular formula is C18H15N3OS2. The second-order valence-electron chi connectivity index (χ2n) is 5.43. The minimum atomic E-state index is 0.110. The lowest BCUT2D eigenvalue weighted by Gasteiger charge is -2.02.